The normalized spacial score (nSPS) is 15.3. The molecule has 0 saturated heterocycles. The van der Waals surface area contributed by atoms with Gasteiger partial charge in [0, 0.05) is 0 Å². The molecular weight excluding hydrogens is 297 g/mol. The fraction of sp³-hybridized carbons (Fsp3) is 0.167. The number of para-hydroxylation sites is 2. The first-order valence-corrected chi connectivity index (χ1v) is 7.13. The number of nitrogens with one attached hydrogen (secondary N) is 1. The van der Waals surface area contributed by atoms with Gasteiger partial charge in [0.15, 0.2) is 11.5 Å². The number of ether oxygens (including phenoxy) is 2. The van der Waals surface area contributed by atoms with Gasteiger partial charge in [-0.2, -0.15) is 0 Å². The van der Waals surface area contributed by atoms with Crippen LogP contribution in [0.3, 0.4) is 0 Å². The van der Waals surface area contributed by atoms with E-state index in [0.29, 0.717) is 17.1 Å². The fourth-order valence-electron chi connectivity index (χ4n) is 2.10. The van der Waals surface area contributed by atoms with E-state index < -0.39 is 6.10 Å². The van der Waals surface area contributed by atoms with Gasteiger partial charge >= 0.3 is 0 Å². The summed E-state index contributed by atoms with van der Waals surface area (Å²) in [5.74, 6) is 5.85. The van der Waals surface area contributed by atoms with Crippen LogP contribution in [0.25, 0.3) is 0 Å². The number of halogens is 1. The quantitative estimate of drug-likeness (QED) is 0.865. The summed E-state index contributed by atoms with van der Waals surface area (Å²) in [4.78, 5) is 12.0. The van der Waals surface area contributed by atoms with Crippen LogP contribution in [0.1, 0.15) is 5.56 Å². The van der Waals surface area contributed by atoms with Crippen LogP contribution in [0.15, 0.2) is 48.5 Å². The zero-order chi connectivity index (χ0) is 16.1. The van der Waals surface area contributed by atoms with Gasteiger partial charge < -0.3 is 14.8 Å². The molecule has 1 amide bonds. The highest BCUT2D eigenvalue weighted by Gasteiger charge is 2.26. The lowest BCUT2D eigenvalue weighted by Crippen LogP contribution is -2.44. The van der Waals surface area contributed by atoms with Crippen LogP contribution in [0.4, 0.5) is 4.39 Å². The molecule has 2 aromatic rings. The van der Waals surface area contributed by atoms with Gasteiger partial charge in [0.25, 0.3) is 5.91 Å². The number of hydrogen-bond donors (Lipinski definition) is 1. The van der Waals surface area contributed by atoms with Gasteiger partial charge in [-0.15, -0.1) is 0 Å². The first kappa shape index (κ1) is 14.9. The molecule has 2 aromatic carbocycles. The third-order valence-corrected chi connectivity index (χ3v) is 3.25. The van der Waals surface area contributed by atoms with E-state index in [1.54, 1.807) is 30.3 Å². The Morgan fingerprint density at radius 2 is 1.91 bits per heavy atom. The molecule has 5 heteroatoms. The number of carbonyl (C=O) groups is 1. The van der Waals surface area contributed by atoms with E-state index in [4.69, 9.17) is 9.47 Å². The molecule has 1 N–H and O–H groups in total. The van der Waals surface area contributed by atoms with Crippen LogP contribution >= 0.6 is 0 Å². The van der Waals surface area contributed by atoms with Crippen molar-refractivity contribution in [2.75, 3.05) is 13.2 Å². The zero-order valence-electron chi connectivity index (χ0n) is 12.2. The molecular formula is C18H14FNO3. The van der Waals surface area contributed by atoms with Crippen LogP contribution in [0, 0.1) is 17.7 Å². The van der Waals surface area contributed by atoms with Crippen LogP contribution in [-0.2, 0) is 4.79 Å². The second-order valence-corrected chi connectivity index (χ2v) is 4.86. The van der Waals surface area contributed by atoms with Crippen molar-refractivity contribution >= 4 is 5.91 Å². The van der Waals surface area contributed by atoms with Crippen molar-refractivity contribution in [1.29, 1.82) is 0 Å². The molecule has 0 radical (unpaired) electrons. The van der Waals surface area contributed by atoms with Crippen molar-refractivity contribution in [3.8, 4) is 23.3 Å². The summed E-state index contributed by atoms with van der Waals surface area (Å²) in [6.07, 6.45) is -0.722. The average Bonchev–Trinajstić information content (AvgIpc) is 2.59. The van der Waals surface area contributed by atoms with Gasteiger partial charge in [-0.3, -0.25) is 4.79 Å². The smallest absolute Gasteiger partial charge is 0.265 e. The van der Waals surface area contributed by atoms with Crippen molar-refractivity contribution in [3.05, 3.63) is 59.9 Å². The van der Waals surface area contributed by atoms with Crippen molar-refractivity contribution in [2.45, 2.75) is 6.10 Å². The predicted molar refractivity (Wildman–Crippen MR) is 82.6 cm³/mol. The monoisotopic (exact) mass is 311 g/mol. The first-order chi connectivity index (χ1) is 11.2. The minimum atomic E-state index is -0.722. The van der Waals surface area contributed by atoms with Crippen molar-refractivity contribution < 1.29 is 18.7 Å². The minimum Gasteiger partial charge on any atom is -0.485 e. The van der Waals surface area contributed by atoms with Gasteiger partial charge in [0.2, 0.25) is 6.10 Å². The molecule has 1 heterocycles. The maximum Gasteiger partial charge on any atom is 0.265 e. The molecule has 23 heavy (non-hydrogen) atoms. The predicted octanol–water partition coefficient (Wildman–Crippen LogP) is 2.13. The van der Waals surface area contributed by atoms with Crippen LogP contribution in [0.2, 0.25) is 0 Å². The van der Waals surface area contributed by atoms with Crippen LogP contribution in [0.5, 0.6) is 11.5 Å². The Morgan fingerprint density at radius 1 is 1.17 bits per heavy atom. The van der Waals surface area contributed by atoms with Crippen molar-refractivity contribution in [3.63, 3.8) is 0 Å². The van der Waals surface area contributed by atoms with E-state index in [0.717, 1.165) is 0 Å². The lowest BCUT2D eigenvalue weighted by atomic mass is 10.2. The molecule has 0 bridgehead atoms. The molecule has 0 saturated carbocycles. The molecule has 0 spiro atoms. The Bertz CT molecular complexity index is 779. The third kappa shape index (κ3) is 3.61. The Labute approximate surface area is 133 Å². The molecule has 3 rings (SSSR count). The van der Waals surface area contributed by atoms with Crippen molar-refractivity contribution in [2.24, 2.45) is 0 Å². The van der Waals surface area contributed by atoms with Crippen LogP contribution in [-0.4, -0.2) is 25.2 Å². The Morgan fingerprint density at radius 3 is 2.74 bits per heavy atom. The SMILES string of the molecule is O=C(NCC#Cc1ccccc1F)C1COc2ccccc2O1. The second kappa shape index (κ2) is 6.84. The number of fused-ring (bicyclic) bond motifs is 1. The standard InChI is InChI=1S/C18H14FNO3/c19-14-8-2-1-6-13(14)7-5-11-20-18(21)17-12-22-15-9-3-4-10-16(15)23-17/h1-4,6,8-10,17H,11-12H2,(H,20,21). The molecule has 116 valence electrons. The summed E-state index contributed by atoms with van der Waals surface area (Å²) in [6, 6.07) is 13.4. The largest absolute Gasteiger partial charge is 0.485 e. The summed E-state index contributed by atoms with van der Waals surface area (Å²) in [5.41, 5.74) is 0.299. The highest BCUT2D eigenvalue weighted by molar-refractivity contribution is 5.82. The Hall–Kier alpha value is -3.00. The van der Waals surface area contributed by atoms with E-state index in [-0.39, 0.29) is 24.9 Å². The van der Waals surface area contributed by atoms with Crippen molar-refractivity contribution in [1.82, 2.24) is 5.32 Å². The minimum absolute atomic E-state index is 0.106. The summed E-state index contributed by atoms with van der Waals surface area (Å²) in [6.45, 7) is 0.248. The topological polar surface area (TPSA) is 47.6 Å². The highest BCUT2D eigenvalue weighted by Crippen LogP contribution is 2.30. The molecule has 0 fully saturated rings. The van der Waals surface area contributed by atoms with Gasteiger partial charge in [0.05, 0.1) is 12.1 Å². The van der Waals surface area contributed by atoms with Gasteiger partial charge in [0.1, 0.15) is 12.4 Å². The highest BCUT2D eigenvalue weighted by atomic mass is 19.1. The maximum atomic E-state index is 13.4. The molecule has 1 aliphatic rings. The third-order valence-electron chi connectivity index (χ3n) is 3.25. The summed E-state index contributed by atoms with van der Waals surface area (Å²) in [5, 5.41) is 2.63. The molecule has 4 nitrogen and oxygen atoms in total. The van der Waals surface area contributed by atoms with E-state index >= 15 is 0 Å². The summed E-state index contributed by atoms with van der Waals surface area (Å²) in [7, 11) is 0. The van der Waals surface area contributed by atoms with E-state index in [1.807, 2.05) is 12.1 Å². The second-order valence-electron chi connectivity index (χ2n) is 4.86. The lowest BCUT2D eigenvalue weighted by Gasteiger charge is -2.25. The van der Waals surface area contributed by atoms with E-state index in [2.05, 4.69) is 17.2 Å². The molecule has 1 unspecified atom stereocenters. The maximum absolute atomic E-state index is 13.4. The number of hydrogen-bond acceptors (Lipinski definition) is 3. The van der Waals surface area contributed by atoms with Gasteiger partial charge in [-0.05, 0) is 24.3 Å². The molecule has 1 aliphatic heterocycles. The molecule has 0 aromatic heterocycles. The Kier molecular flexibility index (Phi) is 4.44. The Balaban J connectivity index is 1.54. The fourth-order valence-corrected chi connectivity index (χ4v) is 2.10. The molecule has 1 atom stereocenters. The summed E-state index contributed by atoms with van der Waals surface area (Å²) < 4.78 is 24.4. The number of rotatable bonds is 2. The van der Waals surface area contributed by atoms with Crippen LogP contribution < -0.4 is 14.8 Å². The van der Waals surface area contributed by atoms with Gasteiger partial charge in [-0.25, -0.2) is 4.39 Å². The summed E-state index contributed by atoms with van der Waals surface area (Å²) >= 11 is 0. The molecule has 0 aliphatic carbocycles. The first-order valence-electron chi connectivity index (χ1n) is 7.13. The van der Waals surface area contributed by atoms with Gasteiger partial charge in [-0.1, -0.05) is 36.1 Å². The number of amides is 1. The van der Waals surface area contributed by atoms with E-state index in [1.165, 1.54) is 6.07 Å². The van der Waals surface area contributed by atoms with E-state index in [9.17, 15) is 9.18 Å². The average molecular weight is 311 g/mol. The number of carbonyl (C=O) groups excluding carboxylic acids is 1. The zero-order valence-corrected chi connectivity index (χ0v) is 12.2. The number of benzene rings is 2. The lowest BCUT2D eigenvalue weighted by molar-refractivity contribution is -0.130.